The van der Waals surface area contributed by atoms with Gasteiger partial charge >= 0.3 is 0 Å². The van der Waals surface area contributed by atoms with Crippen LogP contribution in [0, 0.1) is 0 Å². The molecule has 0 fully saturated rings. The zero-order valence-corrected chi connectivity index (χ0v) is 14.0. The molecule has 2 heteroatoms. The molecule has 122 valence electrons. The first-order valence-electron chi connectivity index (χ1n) is 8.84. The normalized spacial score (nSPS) is 17.0. The largest absolute Gasteiger partial charge is 0.351 e. The van der Waals surface area contributed by atoms with E-state index in [1.54, 1.807) is 0 Å². The molecule has 24 heavy (non-hydrogen) atoms. The van der Waals surface area contributed by atoms with Crippen molar-refractivity contribution in [3.05, 3.63) is 95.8 Å². The van der Waals surface area contributed by atoms with Gasteiger partial charge in [0.2, 0.25) is 0 Å². The fourth-order valence-corrected chi connectivity index (χ4v) is 3.75. The van der Waals surface area contributed by atoms with Gasteiger partial charge in [-0.15, -0.1) is 0 Å². The lowest BCUT2D eigenvalue weighted by atomic mass is 10.0. The van der Waals surface area contributed by atoms with E-state index < -0.39 is 0 Å². The summed E-state index contributed by atoms with van der Waals surface area (Å²) in [6, 6.07) is 26.8. The van der Waals surface area contributed by atoms with Gasteiger partial charge in [0.1, 0.15) is 0 Å². The maximum absolute atomic E-state index is 2.65. The summed E-state index contributed by atoms with van der Waals surface area (Å²) in [5.74, 6) is 0. The summed E-state index contributed by atoms with van der Waals surface area (Å²) < 4.78 is 2.40. The van der Waals surface area contributed by atoms with Crippen LogP contribution >= 0.6 is 0 Å². The van der Waals surface area contributed by atoms with Crippen molar-refractivity contribution < 1.29 is 0 Å². The second kappa shape index (κ2) is 7.06. The summed E-state index contributed by atoms with van der Waals surface area (Å²) in [5.41, 5.74) is 4.26. The molecule has 2 aromatic carbocycles. The third kappa shape index (κ3) is 3.44. The molecule has 0 spiro atoms. The maximum Gasteiger partial charge on any atom is 0.0240 e. The van der Waals surface area contributed by atoms with Crippen LogP contribution in [0.4, 0.5) is 0 Å². The summed E-state index contributed by atoms with van der Waals surface area (Å²) in [7, 11) is 0. The lowest BCUT2D eigenvalue weighted by Crippen LogP contribution is -2.39. The predicted molar refractivity (Wildman–Crippen MR) is 98.7 cm³/mol. The summed E-state index contributed by atoms with van der Waals surface area (Å²) in [4.78, 5) is 2.65. The zero-order valence-electron chi connectivity index (χ0n) is 14.0. The van der Waals surface area contributed by atoms with Gasteiger partial charge in [0, 0.05) is 44.0 Å². The summed E-state index contributed by atoms with van der Waals surface area (Å²) >= 11 is 0. The molecule has 0 amide bonds. The molecule has 4 rings (SSSR count). The van der Waals surface area contributed by atoms with Crippen LogP contribution in [-0.4, -0.2) is 15.5 Å². The van der Waals surface area contributed by atoms with Crippen molar-refractivity contribution in [2.24, 2.45) is 0 Å². The van der Waals surface area contributed by atoms with E-state index >= 15 is 0 Å². The second-order valence-corrected chi connectivity index (χ2v) is 6.72. The lowest BCUT2D eigenvalue weighted by Gasteiger charge is -2.35. The van der Waals surface area contributed by atoms with Gasteiger partial charge < -0.3 is 4.57 Å². The van der Waals surface area contributed by atoms with Gasteiger partial charge in [0.05, 0.1) is 0 Å². The molecule has 1 atom stereocenters. The van der Waals surface area contributed by atoms with Gasteiger partial charge in [-0.1, -0.05) is 60.7 Å². The van der Waals surface area contributed by atoms with E-state index in [2.05, 4.69) is 88.5 Å². The van der Waals surface area contributed by atoms with E-state index in [0.717, 1.165) is 26.1 Å². The average molecular weight is 316 g/mol. The van der Waals surface area contributed by atoms with Gasteiger partial charge in [0.15, 0.2) is 0 Å². The standard InChI is InChI=1S/C22H24N2/c1-3-8-19(9-4-1)17-24(18-20-10-5-2-6-11-20)22-13-15-23-14-7-12-21(23)16-22/h1-12,14,22H,13,15-18H2/t22-/m0/s1. The van der Waals surface area contributed by atoms with Crippen LogP contribution in [0.25, 0.3) is 0 Å². The highest BCUT2D eigenvalue weighted by atomic mass is 15.2. The van der Waals surface area contributed by atoms with E-state index in [9.17, 15) is 0 Å². The number of rotatable bonds is 5. The smallest absolute Gasteiger partial charge is 0.0240 e. The molecule has 2 nitrogen and oxygen atoms in total. The van der Waals surface area contributed by atoms with Crippen molar-refractivity contribution >= 4 is 0 Å². The SMILES string of the molecule is c1ccc(CN(Cc2ccccc2)[C@H]2CCn3cccc3C2)cc1. The molecule has 1 aliphatic heterocycles. The van der Waals surface area contributed by atoms with Crippen LogP contribution in [0.5, 0.6) is 0 Å². The third-order valence-electron chi connectivity index (χ3n) is 5.04. The Morgan fingerprint density at radius 2 is 1.42 bits per heavy atom. The molecule has 0 bridgehead atoms. The first-order valence-corrected chi connectivity index (χ1v) is 8.84. The fraction of sp³-hybridized carbons (Fsp3) is 0.273. The summed E-state index contributed by atoms with van der Waals surface area (Å²) in [6.07, 6.45) is 4.58. The van der Waals surface area contributed by atoms with E-state index in [0.29, 0.717) is 6.04 Å². The van der Waals surface area contributed by atoms with Crippen LogP contribution in [0.2, 0.25) is 0 Å². The summed E-state index contributed by atoms with van der Waals surface area (Å²) in [5, 5.41) is 0. The van der Waals surface area contributed by atoms with Crippen LogP contribution in [0.3, 0.4) is 0 Å². The number of nitrogens with zero attached hydrogens (tertiary/aromatic N) is 2. The molecular formula is C22H24N2. The number of hydrogen-bond donors (Lipinski definition) is 0. The van der Waals surface area contributed by atoms with Crippen LogP contribution in [-0.2, 0) is 26.1 Å². The Balaban J connectivity index is 1.56. The Morgan fingerprint density at radius 1 is 0.792 bits per heavy atom. The summed E-state index contributed by atoms with van der Waals surface area (Å²) in [6.45, 7) is 3.16. The van der Waals surface area contributed by atoms with E-state index in [-0.39, 0.29) is 0 Å². The van der Waals surface area contributed by atoms with Crippen molar-refractivity contribution in [2.75, 3.05) is 0 Å². The molecule has 0 saturated heterocycles. The van der Waals surface area contributed by atoms with E-state index in [4.69, 9.17) is 0 Å². The number of aryl methyl sites for hydroxylation is 1. The Hall–Kier alpha value is -2.32. The van der Waals surface area contributed by atoms with E-state index in [1.807, 2.05) is 0 Å². The number of benzene rings is 2. The van der Waals surface area contributed by atoms with Crippen molar-refractivity contribution in [1.82, 2.24) is 9.47 Å². The first kappa shape index (κ1) is 15.2. The monoisotopic (exact) mass is 316 g/mol. The Kier molecular flexibility index (Phi) is 4.48. The van der Waals surface area contributed by atoms with Crippen LogP contribution in [0.15, 0.2) is 79.0 Å². The predicted octanol–water partition coefficient (Wildman–Crippen LogP) is 4.51. The molecule has 0 unspecified atom stereocenters. The van der Waals surface area contributed by atoms with Crippen LogP contribution in [0.1, 0.15) is 23.2 Å². The van der Waals surface area contributed by atoms with E-state index in [1.165, 1.54) is 23.2 Å². The topological polar surface area (TPSA) is 8.17 Å². The molecule has 0 radical (unpaired) electrons. The molecule has 1 aliphatic rings. The average Bonchev–Trinajstić information content (AvgIpc) is 3.11. The molecule has 1 aromatic heterocycles. The van der Waals surface area contributed by atoms with Crippen molar-refractivity contribution in [3.63, 3.8) is 0 Å². The highest BCUT2D eigenvalue weighted by Gasteiger charge is 2.24. The van der Waals surface area contributed by atoms with Gasteiger partial charge in [-0.3, -0.25) is 4.90 Å². The third-order valence-corrected chi connectivity index (χ3v) is 5.04. The number of aromatic nitrogens is 1. The van der Waals surface area contributed by atoms with Gasteiger partial charge in [-0.2, -0.15) is 0 Å². The quantitative estimate of drug-likeness (QED) is 0.672. The maximum atomic E-state index is 2.65. The second-order valence-electron chi connectivity index (χ2n) is 6.72. The number of hydrogen-bond acceptors (Lipinski definition) is 1. The van der Waals surface area contributed by atoms with Crippen molar-refractivity contribution in [3.8, 4) is 0 Å². The molecule has 0 aliphatic carbocycles. The number of fused-ring (bicyclic) bond motifs is 1. The van der Waals surface area contributed by atoms with Gasteiger partial charge in [-0.25, -0.2) is 0 Å². The zero-order chi connectivity index (χ0) is 16.2. The minimum atomic E-state index is 0.604. The molecule has 0 saturated carbocycles. The fourth-order valence-electron chi connectivity index (χ4n) is 3.75. The Bertz CT molecular complexity index is 719. The lowest BCUT2D eigenvalue weighted by molar-refractivity contribution is 0.150. The molecule has 0 N–H and O–H groups in total. The first-order chi connectivity index (χ1) is 11.9. The van der Waals surface area contributed by atoms with Gasteiger partial charge in [0.25, 0.3) is 0 Å². The minimum absolute atomic E-state index is 0.604. The molecular weight excluding hydrogens is 292 g/mol. The van der Waals surface area contributed by atoms with Crippen LogP contribution < -0.4 is 0 Å². The highest BCUT2D eigenvalue weighted by molar-refractivity contribution is 5.18. The molecule has 2 heterocycles. The van der Waals surface area contributed by atoms with Crippen molar-refractivity contribution in [2.45, 2.75) is 38.5 Å². The molecule has 3 aromatic rings. The van der Waals surface area contributed by atoms with Crippen molar-refractivity contribution in [1.29, 1.82) is 0 Å². The Labute approximate surface area is 144 Å². The van der Waals surface area contributed by atoms with Gasteiger partial charge in [-0.05, 0) is 29.7 Å². The Morgan fingerprint density at radius 3 is 2.04 bits per heavy atom. The minimum Gasteiger partial charge on any atom is -0.351 e. The highest BCUT2D eigenvalue weighted by Crippen LogP contribution is 2.23.